The minimum absolute atomic E-state index is 0.165. The fourth-order valence-electron chi connectivity index (χ4n) is 3.87. The average molecular weight is 355 g/mol. The van der Waals surface area contributed by atoms with Crippen molar-refractivity contribution < 1.29 is 9.84 Å². The van der Waals surface area contributed by atoms with E-state index in [9.17, 15) is 5.11 Å². The molecule has 21 heavy (non-hydrogen) atoms. The first-order chi connectivity index (χ1) is 10.1. The van der Waals surface area contributed by atoms with E-state index in [2.05, 4.69) is 20.8 Å². The topological polar surface area (TPSA) is 58.7 Å². The van der Waals surface area contributed by atoms with Crippen LogP contribution in [0.5, 0.6) is 11.5 Å². The van der Waals surface area contributed by atoms with E-state index in [-0.39, 0.29) is 5.75 Å². The standard InChI is InChI=1S/C16H23BrN2O2/c1-21-15-6-10(5-13(17)16(15)20)7-19-8-11-3-2-4-14(18)12(11)9-19/h5-6,11-12,14,20H,2-4,7-9,18H2,1H3. The van der Waals surface area contributed by atoms with E-state index in [1.165, 1.54) is 19.3 Å². The molecular weight excluding hydrogens is 332 g/mol. The maximum absolute atomic E-state index is 9.88. The van der Waals surface area contributed by atoms with Crippen molar-refractivity contribution in [2.45, 2.75) is 31.8 Å². The Bertz CT molecular complexity index is 523. The van der Waals surface area contributed by atoms with Gasteiger partial charge in [0.25, 0.3) is 0 Å². The number of phenolic OH excluding ortho intramolecular Hbond substituents is 1. The molecule has 1 saturated carbocycles. The Balaban J connectivity index is 1.71. The predicted octanol–water partition coefficient (Wildman–Crippen LogP) is 2.72. The third-order valence-corrected chi connectivity index (χ3v) is 5.55. The maximum atomic E-state index is 9.88. The third-order valence-electron chi connectivity index (χ3n) is 4.94. The van der Waals surface area contributed by atoms with Crippen molar-refractivity contribution in [2.75, 3.05) is 20.2 Å². The molecular formula is C16H23BrN2O2. The van der Waals surface area contributed by atoms with Crippen LogP contribution in [0.2, 0.25) is 0 Å². The van der Waals surface area contributed by atoms with Gasteiger partial charge in [-0.25, -0.2) is 0 Å². The van der Waals surface area contributed by atoms with Gasteiger partial charge in [-0.3, -0.25) is 4.90 Å². The molecule has 1 heterocycles. The van der Waals surface area contributed by atoms with Gasteiger partial charge in [0.2, 0.25) is 0 Å². The molecule has 116 valence electrons. The number of phenols is 1. The van der Waals surface area contributed by atoms with Crippen LogP contribution >= 0.6 is 15.9 Å². The summed E-state index contributed by atoms with van der Waals surface area (Å²) in [6.45, 7) is 3.11. The van der Waals surface area contributed by atoms with Crippen molar-refractivity contribution in [1.82, 2.24) is 4.90 Å². The van der Waals surface area contributed by atoms with Crippen molar-refractivity contribution >= 4 is 15.9 Å². The molecule has 0 aromatic heterocycles. The Kier molecular flexibility index (Phi) is 4.43. The summed E-state index contributed by atoms with van der Waals surface area (Å²) in [6.07, 6.45) is 3.76. The average Bonchev–Trinajstić information content (AvgIpc) is 2.86. The molecule has 1 saturated heterocycles. The smallest absolute Gasteiger partial charge is 0.172 e. The van der Waals surface area contributed by atoms with Gasteiger partial charge in [0.05, 0.1) is 11.6 Å². The second-order valence-electron chi connectivity index (χ2n) is 6.34. The summed E-state index contributed by atoms with van der Waals surface area (Å²) < 4.78 is 5.91. The highest BCUT2D eigenvalue weighted by atomic mass is 79.9. The number of hydrogen-bond donors (Lipinski definition) is 2. The number of rotatable bonds is 3. The summed E-state index contributed by atoms with van der Waals surface area (Å²) in [5, 5.41) is 9.88. The highest BCUT2D eigenvalue weighted by molar-refractivity contribution is 9.10. The summed E-state index contributed by atoms with van der Waals surface area (Å²) in [6, 6.07) is 4.26. The first kappa shape index (κ1) is 15.1. The number of nitrogens with zero attached hydrogens (tertiary/aromatic N) is 1. The van der Waals surface area contributed by atoms with Crippen LogP contribution in [0.1, 0.15) is 24.8 Å². The lowest BCUT2D eigenvalue weighted by Crippen LogP contribution is -2.38. The van der Waals surface area contributed by atoms with Crippen LogP contribution in [0.25, 0.3) is 0 Å². The molecule has 2 aliphatic rings. The Morgan fingerprint density at radius 1 is 1.38 bits per heavy atom. The maximum Gasteiger partial charge on any atom is 0.172 e. The van der Waals surface area contributed by atoms with Gasteiger partial charge in [-0.2, -0.15) is 0 Å². The van der Waals surface area contributed by atoms with Gasteiger partial charge in [-0.05, 0) is 58.3 Å². The normalized spacial score (nSPS) is 29.4. The van der Waals surface area contributed by atoms with E-state index >= 15 is 0 Å². The fraction of sp³-hybridized carbons (Fsp3) is 0.625. The first-order valence-corrected chi connectivity index (χ1v) is 8.41. The Morgan fingerprint density at radius 2 is 2.19 bits per heavy atom. The van der Waals surface area contributed by atoms with Crippen LogP contribution in [0, 0.1) is 11.8 Å². The predicted molar refractivity (Wildman–Crippen MR) is 86.4 cm³/mol. The largest absolute Gasteiger partial charge is 0.503 e. The zero-order valence-electron chi connectivity index (χ0n) is 12.4. The minimum Gasteiger partial charge on any atom is -0.503 e. The molecule has 0 spiro atoms. The van der Waals surface area contributed by atoms with Gasteiger partial charge in [-0.1, -0.05) is 6.42 Å². The number of likely N-dealkylation sites (tertiary alicyclic amines) is 1. The van der Waals surface area contributed by atoms with Gasteiger partial charge >= 0.3 is 0 Å². The molecule has 1 aliphatic carbocycles. The molecule has 3 rings (SSSR count). The summed E-state index contributed by atoms with van der Waals surface area (Å²) >= 11 is 3.39. The zero-order chi connectivity index (χ0) is 15.0. The van der Waals surface area contributed by atoms with E-state index in [0.717, 1.165) is 31.1 Å². The molecule has 1 aromatic carbocycles. The van der Waals surface area contributed by atoms with E-state index in [4.69, 9.17) is 10.5 Å². The number of benzene rings is 1. The first-order valence-electron chi connectivity index (χ1n) is 7.61. The van der Waals surface area contributed by atoms with Gasteiger partial charge < -0.3 is 15.6 Å². The van der Waals surface area contributed by atoms with Crippen molar-refractivity contribution in [3.05, 3.63) is 22.2 Å². The Morgan fingerprint density at radius 3 is 2.90 bits per heavy atom. The number of hydrogen-bond acceptors (Lipinski definition) is 4. The number of fused-ring (bicyclic) bond motifs is 1. The molecule has 0 bridgehead atoms. The van der Waals surface area contributed by atoms with Crippen molar-refractivity contribution in [3.8, 4) is 11.5 Å². The lowest BCUT2D eigenvalue weighted by Gasteiger charge is -2.29. The highest BCUT2D eigenvalue weighted by Gasteiger charge is 2.38. The van der Waals surface area contributed by atoms with Gasteiger partial charge in [0, 0.05) is 25.7 Å². The molecule has 0 amide bonds. The number of halogens is 1. The Labute approximate surface area is 134 Å². The number of nitrogens with two attached hydrogens (primary N) is 1. The number of ether oxygens (including phenoxy) is 1. The van der Waals surface area contributed by atoms with Crippen LogP contribution < -0.4 is 10.5 Å². The summed E-state index contributed by atoms with van der Waals surface area (Å²) in [4.78, 5) is 2.48. The van der Waals surface area contributed by atoms with Gasteiger partial charge in [-0.15, -0.1) is 0 Å². The van der Waals surface area contributed by atoms with Crippen LogP contribution in [-0.2, 0) is 6.54 Å². The van der Waals surface area contributed by atoms with Crippen LogP contribution in [0.4, 0.5) is 0 Å². The van der Waals surface area contributed by atoms with Crippen molar-refractivity contribution in [3.63, 3.8) is 0 Å². The summed E-state index contributed by atoms with van der Waals surface area (Å²) in [5.41, 5.74) is 7.43. The molecule has 2 fully saturated rings. The van der Waals surface area contributed by atoms with E-state index in [1.807, 2.05) is 12.1 Å². The lowest BCUT2D eigenvalue weighted by atomic mass is 9.78. The SMILES string of the molecule is COc1cc(CN2CC3CCCC(N)C3C2)cc(Br)c1O. The molecule has 0 radical (unpaired) electrons. The summed E-state index contributed by atoms with van der Waals surface area (Å²) in [7, 11) is 1.58. The fourth-order valence-corrected chi connectivity index (χ4v) is 4.36. The zero-order valence-corrected chi connectivity index (χ0v) is 14.0. The quantitative estimate of drug-likeness (QED) is 0.875. The monoisotopic (exact) mass is 354 g/mol. The molecule has 1 aromatic rings. The number of methoxy groups -OCH3 is 1. The van der Waals surface area contributed by atoms with Crippen LogP contribution in [-0.4, -0.2) is 36.2 Å². The van der Waals surface area contributed by atoms with E-state index in [1.54, 1.807) is 7.11 Å². The minimum atomic E-state index is 0.165. The summed E-state index contributed by atoms with van der Waals surface area (Å²) in [5.74, 6) is 2.10. The molecule has 1 aliphatic heterocycles. The van der Waals surface area contributed by atoms with E-state index in [0.29, 0.717) is 22.2 Å². The van der Waals surface area contributed by atoms with Crippen LogP contribution in [0.15, 0.2) is 16.6 Å². The van der Waals surface area contributed by atoms with E-state index < -0.39 is 0 Å². The molecule has 3 atom stereocenters. The second-order valence-corrected chi connectivity index (χ2v) is 7.20. The number of aromatic hydroxyl groups is 1. The third kappa shape index (κ3) is 3.05. The Hall–Kier alpha value is -0.780. The molecule has 5 heteroatoms. The molecule has 4 nitrogen and oxygen atoms in total. The molecule has 3 N–H and O–H groups in total. The van der Waals surface area contributed by atoms with Crippen molar-refractivity contribution in [1.29, 1.82) is 0 Å². The molecule has 3 unspecified atom stereocenters. The lowest BCUT2D eigenvalue weighted by molar-refractivity contribution is 0.259. The van der Waals surface area contributed by atoms with Crippen LogP contribution in [0.3, 0.4) is 0 Å². The highest BCUT2D eigenvalue weighted by Crippen LogP contribution is 2.38. The van der Waals surface area contributed by atoms with Gasteiger partial charge in [0.1, 0.15) is 0 Å². The second kappa shape index (κ2) is 6.15. The van der Waals surface area contributed by atoms with Crippen molar-refractivity contribution in [2.24, 2.45) is 17.6 Å². The van der Waals surface area contributed by atoms with Gasteiger partial charge in [0.15, 0.2) is 11.5 Å².